The topological polar surface area (TPSA) is 70.3 Å². The van der Waals surface area contributed by atoms with Crippen LogP contribution in [0.15, 0.2) is 4.63 Å². The molecule has 1 aromatic heterocycles. The van der Waals surface area contributed by atoms with Crippen molar-refractivity contribution in [3.63, 3.8) is 0 Å². The standard InChI is InChI=1S/C19H31N5O2S/c1-3-18-22(17(12-20)13-27-18)24-23(26-24)16-8-10-21(11-9-16)19(25)15-6-4-14(2)5-7-15/h14-18H,3-11,13H2,1-2H3. The van der Waals surface area contributed by atoms with Crippen molar-refractivity contribution in [2.24, 2.45) is 11.8 Å². The third kappa shape index (κ3) is 3.75. The predicted octanol–water partition coefficient (Wildman–Crippen LogP) is 3.19. The van der Waals surface area contributed by atoms with Gasteiger partial charge in [0, 0.05) is 29.7 Å². The lowest BCUT2D eigenvalue weighted by molar-refractivity contribution is -0.138. The summed E-state index contributed by atoms with van der Waals surface area (Å²) in [5.41, 5.74) is 0. The highest BCUT2D eigenvalue weighted by Gasteiger charge is 2.41. The lowest BCUT2D eigenvalue weighted by Crippen LogP contribution is -2.44. The van der Waals surface area contributed by atoms with Gasteiger partial charge in [0.1, 0.15) is 6.04 Å². The zero-order valence-electron chi connectivity index (χ0n) is 16.4. The van der Waals surface area contributed by atoms with Crippen molar-refractivity contribution < 1.29 is 9.42 Å². The van der Waals surface area contributed by atoms with Gasteiger partial charge >= 0.3 is 0 Å². The summed E-state index contributed by atoms with van der Waals surface area (Å²) in [4.78, 5) is 18.6. The van der Waals surface area contributed by atoms with Crippen molar-refractivity contribution in [2.75, 3.05) is 23.9 Å². The SMILES string of the molecule is CCC1SCC(C#N)N1n1on1C1CCN(C(=O)C2CCC(C)CC2)CC1. The summed E-state index contributed by atoms with van der Waals surface area (Å²) in [6.45, 7) is 6.07. The maximum atomic E-state index is 12.8. The Labute approximate surface area is 165 Å². The largest absolute Gasteiger partial charge is 0.342 e. The molecule has 3 heterocycles. The quantitative estimate of drug-likeness (QED) is 0.786. The molecule has 150 valence electrons. The molecule has 3 fully saturated rings. The number of hydrogen-bond donors (Lipinski definition) is 0. The average molecular weight is 394 g/mol. The van der Waals surface area contributed by atoms with Crippen LogP contribution in [0.2, 0.25) is 0 Å². The van der Waals surface area contributed by atoms with E-state index in [0.29, 0.717) is 17.3 Å². The number of thioether (sulfide) groups is 1. The number of rotatable bonds is 4. The van der Waals surface area contributed by atoms with Gasteiger partial charge in [-0.05, 0) is 50.9 Å². The second kappa shape index (κ2) is 7.86. The molecule has 4 rings (SSSR count). The molecule has 7 nitrogen and oxygen atoms in total. The van der Waals surface area contributed by atoms with Gasteiger partial charge in [0.25, 0.3) is 0 Å². The van der Waals surface area contributed by atoms with Crippen LogP contribution in [0.3, 0.4) is 0 Å². The lowest BCUT2D eigenvalue weighted by Gasteiger charge is -2.34. The first-order valence-electron chi connectivity index (χ1n) is 10.5. The summed E-state index contributed by atoms with van der Waals surface area (Å²) >= 11 is 1.82. The van der Waals surface area contributed by atoms with Gasteiger partial charge in [-0.15, -0.1) is 11.8 Å². The first-order chi connectivity index (χ1) is 13.1. The minimum Gasteiger partial charge on any atom is -0.342 e. The van der Waals surface area contributed by atoms with E-state index < -0.39 is 0 Å². The minimum atomic E-state index is -0.125. The van der Waals surface area contributed by atoms with E-state index in [9.17, 15) is 10.1 Å². The fourth-order valence-electron chi connectivity index (χ4n) is 4.67. The zero-order valence-corrected chi connectivity index (χ0v) is 17.2. The number of piperidine rings is 1. The Morgan fingerprint density at radius 3 is 2.52 bits per heavy atom. The number of carbonyl (C=O) groups excluding carboxylic acids is 1. The average Bonchev–Trinajstić information content (AvgIpc) is 3.38. The maximum absolute atomic E-state index is 12.8. The number of nitriles is 1. The molecule has 2 aliphatic heterocycles. The minimum absolute atomic E-state index is 0.125. The molecule has 3 aliphatic rings. The van der Waals surface area contributed by atoms with E-state index in [1.807, 2.05) is 16.6 Å². The molecule has 2 unspecified atom stereocenters. The second-order valence-corrected chi connectivity index (χ2v) is 9.58. The third-order valence-electron chi connectivity index (χ3n) is 6.51. The van der Waals surface area contributed by atoms with E-state index in [1.165, 1.54) is 12.8 Å². The number of hydrogen-bond acceptors (Lipinski definition) is 5. The fourth-order valence-corrected chi connectivity index (χ4v) is 5.92. The summed E-state index contributed by atoms with van der Waals surface area (Å²) in [6, 6.07) is 2.56. The van der Waals surface area contributed by atoms with Crippen LogP contribution in [-0.2, 0) is 4.79 Å². The Kier molecular flexibility index (Phi) is 5.49. The van der Waals surface area contributed by atoms with E-state index in [1.54, 1.807) is 4.96 Å². The lowest BCUT2D eigenvalue weighted by atomic mass is 9.82. The number of carbonyl (C=O) groups is 1. The van der Waals surface area contributed by atoms with Crippen LogP contribution < -0.4 is 5.01 Å². The van der Waals surface area contributed by atoms with Gasteiger partial charge < -0.3 is 4.90 Å². The molecule has 0 aromatic carbocycles. The Morgan fingerprint density at radius 1 is 1.19 bits per heavy atom. The smallest absolute Gasteiger partial charge is 0.225 e. The molecular weight excluding hydrogens is 362 g/mol. The van der Waals surface area contributed by atoms with Crippen molar-refractivity contribution in [3.05, 3.63) is 0 Å². The Balaban J connectivity index is 1.31. The van der Waals surface area contributed by atoms with Gasteiger partial charge in [-0.3, -0.25) is 4.79 Å². The van der Waals surface area contributed by atoms with Crippen LogP contribution in [0.4, 0.5) is 0 Å². The van der Waals surface area contributed by atoms with Crippen LogP contribution in [-0.4, -0.2) is 50.9 Å². The number of likely N-dealkylation sites (tertiary alicyclic amines) is 1. The first kappa shape index (κ1) is 18.9. The molecule has 0 spiro atoms. The van der Waals surface area contributed by atoms with Gasteiger partial charge in [0.05, 0.1) is 17.5 Å². The number of amides is 1. The first-order valence-corrected chi connectivity index (χ1v) is 11.5. The maximum Gasteiger partial charge on any atom is 0.225 e. The molecule has 27 heavy (non-hydrogen) atoms. The highest BCUT2D eigenvalue weighted by molar-refractivity contribution is 8.00. The normalized spacial score (nSPS) is 32.8. The van der Waals surface area contributed by atoms with Crippen molar-refractivity contribution in [1.82, 2.24) is 14.7 Å². The van der Waals surface area contributed by atoms with Gasteiger partial charge in [0.15, 0.2) is 0 Å². The van der Waals surface area contributed by atoms with Crippen LogP contribution in [0, 0.1) is 23.2 Å². The second-order valence-electron chi connectivity index (χ2n) is 8.37. The molecule has 1 aliphatic carbocycles. The van der Waals surface area contributed by atoms with Gasteiger partial charge in [0.2, 0.25) is 5.91 Å². The van der Waals surface area contributed by atoms with Crippen molar-refractivity contribution in [3.8, 4) is 6.07 Å². The van der Waals surface area contributed by atoms with E-state index in [0.717, 1.165) is 56.9 Å². The monoisotopic (exact) mass is 393 g/mol. The molecule has 0 N–H and O–H groups in total. The van der Waals surface area contributed by atoms with Crippen LogP contribution in [0.25, 0.3) is 0 Å². The highest BCUT2D eigenvalue weighted by Crippen LogP contribution is 2.34. The van der Waals surface area contributed by atoms with Gasteiger partial charge in [-0.1, -0.05) is 18.7 Å². The van der Waals surface area contributed by atoms with Crippen LogP contribution in [0.1, 0.15) is 64.8 Å². The van der Waals surface area contributed by atoms with Crippen molar-refractivity contribution >= 4 is 17.7 Å². The molecule has 1 aromatic rings. The summed E-state index contributed by atoms with van der Waals surface area (Å²) < 4.78 is 5.75. The van der Waals surface area contributed by atoms with E-state index >= 15 is 0 Å². The van der Waals surface area contributed by atoms with Crippen LogP contribution >= 0.6 is 11.8 Å². The number of nitrogens with zero attached hydrogens (tertiary/aromatic N) is 5. The third-order valence-corrected chi connectivity index (χ3v) is 7.95. The predicted molar refractivity (Wildman–Crippen MR) is 105 cm³/mol. The summed E-state index contributed by atoms with van der Waals surface area (Å²) in [5.74, 6) is 2.22. The molecule has 0 bridgehead atoms. The van der Waals surface area contributed by atoms with Gasteiger partial charge in [-0.25, -0.2) is 9.64 Å². The van der Waals surface area contributed by atoms with E-state index in [-0.39, 0.29) is 12.0 Å². The van der Waals surface area contributed by atoms with E-state index in [4.69, 9.17) is 4.63 Å². The molecule has 1 saturated carbocycles. The Hall–Kier alpha value is -1.49. The van der Waals surface area contributed by atoms with Crippen molar-refractivity contribution in [1.29, 1.82) is 5.26 Å². The van der Waals surface area contributed by atoms with Crippen LogP contribution in [0.5, 0.6) is 0 Å². The molecular formula is C19H31N5O2S. The Bertz CT molecular complexity index is 672. The Morgan fingerprint density at radius 2 is 1.89 bits per heavy atom. The molecule has 0 radical (unpaired) electrons. The summed E-state index contributed by atoms with van der Waals surface area (Å²) in [6.07, 6.45) is 7.35. The van der Waals surface area contributed by atoms with E-state index in [2.05, 4.69) is 29.8 Å². The summed E-state index contributed by atoms with van der Waals surface area (Å²) in [5, 5.41) is 11.8. The molecule has 2 atom stereocenters. The zero-order chi connectivity index (χ0) is 19.0. The highest BCUT2D eigenvalue weighted by atomic mass is 32.2. The fraction of sp³-hybridized carbons (Fsp3) is 0.895. The molecule has 1 amide bonds. The molecule has 8 heteroatoms. The van der Waals surface area contributed by atoms with Gasteiger partial charge in [-0.2, -0.15) is 5.26 Å². The van der Waals surface area contributed by atoms with Crippen molar-refractivity contribution in [2.45, 2.75) is 76.3 Å². The summed E-state index contributed by atoms with van der Waals surface area (Å²) in [7, 11) is 0. The number of aromatic nitrogens is 2. The molecule has 2 saturated heterocycles.